The number of para-hydroxylation sites is 1. The van der Waals surface area contributed by atoms with Crippen LogP contribution in [-0.4, -0.2) is 97.4 Å². The number of ether oxygens (including phenoxy) is 5. The zero-order valence-electron chi connectivity index (χ0n) is 49.6. The van der Waals surface area contributed by atoms with Crippen LogP contribution >= 0.6 is 23.2 Å². The van der Waals surface area contributed by atoms with Gasteiger partial charge in [0, 0.05) is 36.8 Å². The van der Waals surface area contributed by atoms with Gasteiger partial charge in [-0.25, -0.2) is 21.4 Å². The van der Waals surface area contributed by atoms with Gasteiger partial charge in [-0.3, -0.25) is 49.4 Å². The number of imidazole rings is 1. The van der Waals surface area contributed by atoms with Gasteiger partial charge in [0.05, 0.1) is 76.1 Å². The molecule has 21 nitrogen and oxygen atoms in total. The molecule has 0 unspecified atom stereocenters. The fourth-order valence-electron chi connectivity index (χ4n) is 11.2. The number of pyridine rings is 1. The number of aromatic nitrogens is 3. The van der Waals surface area contributed by atoms with Crippen molar-refractivity contribution in [3.63, 3.8) is 0 Å². The van der Waals surface area contributed by atoms with E-state index < -0.39 is 63.7 Å². The van der Waals surface area contributed by atoms with Gasteiger partial charge in [0.15, 0.2) is 0 Å². The number of methoxy groups -OCH3 is 1. The highest BCUT2D eigenvalue weighted by molar-refractivity contribution is 6.42. The molecule has 88 heavy (non-hydrogen) atoms. The Balaban J connectivity index is 0.000000173. The van der Waals surface area contributed by atoms with Crippen LogP contribution in [0, 0.1) is 35.5 Å². The molecule has 3 fully saturated rings. The summed E-state index contributed by atoms with van der Waals surface area (Å²) in [6.07, 6.45) is 5.31. The van der Waals surface area contributed by atoms with Crippen LogP contribution in [0.4, 0.5) is 0 Å². The second-order valence-electron chi connectivity index (χ2n) is 21.9. The summed E-state index contributed by atoms with van der Waals surface area (Å²) in [7, 11) is 3.17. The first-order chi connectivity index (χ1) is 42.3. The molecule has 2 aromatic heterocycles. The van der Waals surface area contributed by atoms with Crippen LogP contribution in [0.5, 0.6) is 17.2 Å². The molecule has 4 amide bonds. The maximum Gasteiger partial charge on any atom is 0.317 e. The zero-order valence-corrected chi connectivity index (χ0v) is 51.1. The van der Waals surface area contributed by atoms with Gasteiger partial charge in [0.25, 0.3) is 0 Å². The second-order valence-corrected chi connectivity index (χ2v) is 22.7. The molecule has 0 bridgehead atoms. The van der Waals surface area contributed by atoms with E-state index in [0.717, 1.165) is 50.3 Å². The first-order valence-electron chi connectivity index (χ1n) is 28.6. The Morgan fingerprint density at radius 1 is 0.636 bits per heavy atom. The molecule has 10 rings (SSSR count). The highest BCUT2D eigenvalue weighted by Gasteiger charge is 2.67. The number of carbonyl (C=O) groups is 6. The number of rotatable bonds is 23. The van der Waals surface area contributed by atoms with Crippen molar-refractivity contribution in [2.75, 3.05) is 26.8 Å². The first kappa shape index (κ1) is 65.4. The number of hydroxylamine groups is 3. The van der Waals surface area contributed by atoms with Crippen molar-refractivity contribution in [1.29, 1.82) is 0 Å². The molecule has 23 heteroatoms. The van der Waals surface area contributed by atoms with Gasteiger partial charge in [-0.05, 0) is 143 Å². The number of halogens is 2. The Hall–Kier alpha value is -8.60. The molecule has 7 aromatic rings. The monoisotopic (exact) mass is 1240 g/mol. The van der Waals surface area contributed by atoms with Gasteiger partial charge in [-0.2, -0.15) is 0 Å². The number of nitrogens with one attached hydrogen (secondary N) is 3. The molecule has 0 radical (unpaired) electrons. The Morgan fingerprint density at radius 2 is 1.22 bits per heavy atom. The summed E-state index contributed by atoms with van der Waals surface area (Å²) in [6, 6.07) is 37.2. The van der Waals surface area contributed by atoms with E-state index in [-0.39, 0.29) is 25.5 Å². The molecule has 6 N–H and O–H groups in total. The van der Waals surface area contributed by atoms with Crippen molar-refractivity contribution in [3.05, 3.63) is 183 Å². The standard InChI is InChI=1S/C27H31N3O4.C19H17Cl2NO5.C19H23N3O5/c1-4-30(5-2)26(32)27(16-23(27)25(31)29-33)15-19-10-12-21(13-11-19)34-17-20-14-18(3)28-24-9-7-6-8-22(20)24;1-26-18(24)19(9-14(19)17(23)22-25)12-3-2-4-13(8-12)27-10-11-5-6-15(20)16(21)7-11;1-3-26-18(24)19(9-16(19)17(23)21-25)8-13-4-6-15(7-5-13)27-11-14-10-20-12-22(14)2/h6-14,23,33H,4-5,15-17H2,1-3H3,(H,29,31);2-8,14,25H,9-10H2,1H3,(H,22,23);4-7,10,12,16,25H,3,8-9,11H2,1-2H3,(H,21,23)/t23-,27+;14-,19-;16-,19+/m101/s1. The van der Waals surface area contributed by atoms with E-state index >= 15 is 0 Å². The molecule has 464 valence electrons. The highest BCUT2D eigenvalue weighted by Crippen LogP contribution is 2.58. The van der Waals surface area contributed by atoms with Crippen LogP contribution < -0.4 is 30.7 Å². The van der Waals surface area contributed by atoms with Crippen LogP contribution in [0.2, 0.25) is 10.0 Å². The molecule has 2 heterocycles. The van der Waals surface area contributed by atoms with Crippen molar-refractivity contribution in [3.8, 4) is 17.2 Å². The summed E-state index contributed by atoms with van der Waals surface area (Å²) in [5.74, 6) is -2.50. The maximum atomic E-state index is 13.2. The van der Waals surface area contributed by atoms with E-state index in [4.69, 9.17) is 62.5 Å². The summed E-state index contributed by atoms with van der Waals surface area (Å²) in [6.45, 7) is 10.1. The molecule has 5 aromatic carbocycles. The Labute approximate surface area is 519 Å². The minimum absolute atomic E-state index is 0.0358. The number of amides is 4. The quantitative estimate of drug-likeness (QED) is 0.0198. The summed E-state index contributed by atoms with van der Waals surface area (Å²) < 4.78 is 29.5. The van der Waals surface area contributed by atoms with E-state index in [9.17, 15) is 28.8 Å². The van der Waals surface area contributed by atoms with Crippen LogP contribution in [0.1, 0.15) is 79.2 Å². The van der Waals surface area contributed by atoms with Gasteiger partial charge in [0.1, 0.15) is 42.5 Å². The van der Waals surface area contributed by atoms with E-state index in [1.54, 1.807) is 83.3 Å². The van der Waals surface area contributed by atoms with Crippen LogP contribution in [0.15, 0.2) is 134 Å². The van der Waals surface area contributed by atoms with Gasteiger partial charge in [-0.15, -0.1) is 0 Å². The number of carbonyl (C=O) groups excluding carboxylic acids is 6. The normalized spacial score (nSPS) is 20.1. The predicted octanol–water partition coefficient (Wildman–Crippen LogP) is 9.17. The summed E-state index contributed by atoms with van der Waals surface area (Å²) in [4.78, 5) is 84.0. The Morgan fingerprint density at radius 3 is 1.81 bits per heavy atom. The van der Waals surface area contributed by atoms with Crippen molar-refractivity contribution in [2.45, 2.75) is 85.0 Å². The number of hydrogen-bond donors (Lipinski definition) is 6. The maximum absolute atomic E-state index is 13.2. The van der Waals surface area contributed by atoms with Crippen molar-refractivity contribution >= 4 is 69.7 Å². The fourth-order valence-corrected chi connectivity index (χ4v) is 11.5. The molecule has 3 aliphatic rings. The van der Waals surface area contributed by atoms with E-state index in [1.807, 2.05) is 111 Å². The minimum Gasteiger partial charge on any atom is -0.489 e. The average molecular weight is 1250 g/mol. The lowest BCUT2D eigenvalue weighted by atomic mass is 9.91. The largest absolute Gasteiger partial charge is 0.489 e. The van der Waals surface area contributed by atoms with Crippen LogP contribution in [-0.2, 0) is 83.4 Å². The summed E-state index contributed by atoms with van der Waals surface area (Å²) >= 11 is 11.9. The molecule has 6 atom stereocenters. The lowest BCUT2D eigenvalue weighted by Crippen LogP contribution is -2.40. The number of benzene rings is 5. The van der Waals surface area contributed by atoms with E-state index in [1.165, 1.54) is 7.11 Å². The van der Waals surface area contributed by atoms with Crippen LogP contribution in [0.3, 0.4) is 0 Å². The third-order valence-corrected chi connectivity index (χ3v) is 17.1. The molecule has 3 saturated carbocycles. The molecule has 0 aliphatic heterocycles. The van der Waals surface area contributed by atoms with Crippen molar-refractivity contribution < 1.29 is 68.1 Å². The van der Waals surface area contributed by atoms with Gasteiger partial charge < -0.3 is 33.2 Å². The van der Waals surface area contributed by atoms with E-state index in [0.29, 0.717) is 79.1 Å². The summed E-state index contributed by atoms with van der Waals surface area (Å²) in [5.41, 5.74) is 9.30. The van der Waals surface area contributed by atoms with Gasteiger partial charge in [-0.1, -0.05) is 83.9 Å². The third-order valence-electron chi connectivity index (χ3n) is 16.4. The zero-order chi connectivity index (χ0) is 63.3. The highest BCUT2D eigenvalue weighted by atomic mass is 35.5. The molecular weight excluding hydrogens is 1170 g/mol. The number of fused-ring (bicyclic) bond motifs is 1. The number of esters is 2. The number of aryl methyl sites for hydroxylation is 2. The van der Waals surface area contributed by atoms with Crippen LogP contribution in [0.25, 0.3) is 10.9 Å². The number of hydrogen-bond acceptors (Lipinski definition) is 16. The third kappa shape index (κ3) is 14.9. The van der Waals surface area contributed by atoms with Gasteiger partial charge >= 0.3 is 11.9 Å². The average Bonchev–Trinajstić information content (AvgIpc) is 1.60. The SMILES string of the molecule is CCN(CC)C(=O)[C@@]1(Cc2ccc(OCc3cc(C)nc4ccccc34)cc2)C[C@@H]1C(=O)NO.CCOC(=O)[C@@]1(Cc2ccc(OCc3cncn3C)cc2)C[C@@H]1C(=O)NO.COC(=O)[C@]1(c2cccc(OCc3ccc(Cl)c(Cl)c3)c2)C[C@H]1C(=O)NO. The minimum atomic E-state index is -1.12. The number of nitrogens with zero attached hydrogens (tertiary/aromatic N) is 4. The van der Waals surface area contributed by atoms with Crippen molar-refractivity contribution in [2.24, 2.45) is 35.6 Å². The lowest BCUT2D eigenvalue weighted by Gasteiger charge is -2.26. The molecular formula is C65H71Cl2N7O14. The second kappa shape index (κ2) is 28.9. The predicted molar refractivity (Wildman–Crippen MR) is 323 cm³/mol. The smallest absolute Gasteiger partial charge is 0.317 e. The lowest BCUT2D eigenvalue weighted by molar-refractivity contribution is -0.152. The first-order valence-corrected chi connectivity index (χ1v) is 29.4. The summed E-state index contributed by atoms with van der Waals surface area (Å²) in [5, 5.41) is 28.8. The van der Waals surface area contributed by atoms with E-state index in [2.05, 4.69) is 9.97 Å². The molecule has 0 saturated heterocycles. The Bertz CT molecular complexity index is 3640. The fraction of sp³-hybridized carbons (Fsp3) is 0.354. The molecule has 0 spiro atoms. The van der Waals surface area contributed by atoms with Gasteiger partial charge in [0.2, 0.25) is 23.6 Å². The topological polar surface area (TPSA) is 279 Å². The molecule has 3 aliphatic carbocycles. The van der Waals surface area contributed by atoms with Crippen molar-refractivity contribution in [1.82, 2.24) is 35.9 Å². The Kier molecular flexibility index (Phi) is 21.5.